The van der Waals surface area contributed by atoms with E-state index < -0.39 is 38.6 Å². The van der Waals surface area contributed by atoms with Gasteiger partial charge in [0.25, 0.3) is 0 Å². The van der Waals surface area contributed by atoms with Crippen LogP contribution in [0.15, 0.2) is 18.6 Å². The lowest BCUT2D eigenvalue weighted by molar-refractivity contribution is -0.172. The van der Waals surface area contributed by atoms with Crippen LogP contribution in [0, 0.1) is 5.41 Å². The molecular weight excluding hydrogens is 536 g/mol. The highest BCUT2D eigenvalue weighted by Crippen LogP contribution is 2.29. The number of hydrogen-bond donors (Lipinski definition) is 4. The van der Waals surface area contributed by atoms with Crippen molar-refractivity contribution < 1.29 is 35.8 Å². The van der Waals surface area contributed by atoms with Gasteiger partial charge in [-0.25, -0.2) is 15.0 Å². The third-order valence-electron chi connectivity index (χ3n) is 5.25. The van der Waals surface area contributed by atoms with Gasteiger partial charge in [-0.1, -0.05) is 0 Å². The Hall–Kier alpha value is -3.31. The third kappa shape index (κ3) is 10.4. The molecule has 2 aromatic rings. The van der Waals surface area contributed by atoms with Gasteiger partial charge in [0.05, 0.1) is 32.0 Å². The highest BCUT2D eigenvalue weighted by Gasteiger charge is 2.28. The second-order valence-corrected chi connectivity index (χ2v) is 8.61. The minimum absolute atomic E-state index is 0.00516. The monoisotopic (exact) mass is 565 g/mol. The van der Waals surface area contributed by atoms with Gasteiger partial charge in [-0.2, -0.15) is 31.3 Å². The predicted molar refractivity (Wildman–Crippen MR) is 131 cm³/mol. The number of hydrogen-bond acceptors (Lipinski definition) is 11. The van der Waals surface area contributed by atoms with Gasteiger partial charge in [-0.15, -0.1) is 0 Å². The zero-order chi connectivity index (χ0) is 28.5. The Balaban J connectivity index is 1.91. The highest BCUT2D eigenvalue weighted by atomic mass is 19.4. The standard InChI is InChI=1S/C22H29F6N9O2/c1-14-10-37(7-5-31-14)20-35-17(15(29)11-38-8-3-21(23,24)25)18(32-6-9-39-12-22(26,27)28)19(36-20)34-16-2-4-30-13-33-16/h2,4,13-14,29,31-32H,3,5-12H2,1H3,(H,30,33,34,35,36)/t14-/m0/s1. The average molecular weight is 566 g/mol. The van der Waals surface area contributed by atoms with Crippen LogP contribution < -0.4 is 20.9 Å². The number of nitrogens with zero attached hydrogens (tertiary/aromatic N) is 5. The molecule has 17 heteroatoms. The summed E-state index contributed by atoms with van der Waals surface area (Å²) in [6, 6.07) is 1.66. The maximum atomic E-state index is 12.5. The van der Waals surface area contributed by atoms with Crippen LogP contribution in [0.2, 0.25) is 0 Å². The molecule has 3 rings (SSSR count). The predicted octanol–water partition coefficient (Wildman–Crippen LogP) is 3.14. The molecule has 1 fully saturated rings. The Morgan fingerprint density at radius 2 is 1.95 bits per heavy atom. The number of rotatable bonds is 13. The maximum absolute atomic E-state index is 12.5. The van der Waals surface area contributed by atoms with E-state index in [-0.39, 0.29) is 48.1 Å². The van der Waals surface area contributed by atoms with Crippen molar-refractivity contribution in [3.63, 3.8) is 0 Å². The largest absolute Gasteiger partial charge is 0.411 e. The molecule has 0 saturated carbocycles. The second kappa shape index (κ2) is 13.7. The molecule has 0 radical (unpaired) electrons. The van der Waals surface area contributed by atoms with Gasteiger partial charge in [0.1, 0.15) is 30.1 Å². The Kier molecular flexibility index (Phi) is 10.6. The lowest BCUT2D eigenvalue weighted by Crippen LogP contribution is -2.50. The summed E-state index contributed by atoms with van der Waals surface area (Å²) in [7, 11) is 0. The minimum atomic E-state index is -4.49. The summed E-state index contributed by atoms with van der Waals surface area (Å²) >= 11 is 0. The van der Waals surface area contributed by atoms with E-state index >= 15 is 0 Å². The zero-order valence-electron chi connectivity index (χ0n) is 21.0. The number of alkyl halides is 6. The van der Waals surface area contributed by atoms with Crippen LogP contribution in [0.3, 0.4) is 0 Å². The molecule has 0 aliphatic carbocycles. The smallest absolute Gasteiger partial charge is 0.378 e. The fraction of sp³-hybridized carbons (Fsp3) is 0.591. The van der Waals surface area contributed by atoms with Crippen molar-refractivity contribution in [1.29, 1.82) is 5.41 Å². The molecule has 0 amide bonds. The molecule has 39 heavy (non-hydrogen) atoms. The van der Waals surface area contributed by atoms with E-state index in [4.69, 9.17) is 10.1 Å². The van der Waals surface area contributed by atoms with Gasteiger partial charge in [0.2, 0.25) is 5.95 Å². The molecule has 1 saturated heterocycles. The summed E-state index contributed by atoms with van der Waals surface area (Å²) < 4.78 is 84.6. The molecule has 0 spiro atoms. The normalized spacial score (nSPS) is 16.3. The summed E-state index contributed by atoms with van der Waals surface area (Å²) in [5.74, 6) is 0.725. The summed E-state index contributed by atoms with van der Waals surface area (Å²) in [5.41, 5.74) is -0.125. The van der Waals surface area contributed by atoms with Crippen molar-refractivity contribution in [2.75, 3.05) is 68.1 Å². The molecule has 1 aliphatic rings. The quantitative estimate of drug-likeness (QED) is 0.163. The van der Waals surface area contributed by atoms with Crippen molar-refractivity contribution in [2.24, 2.45) is 0 Å². The van der Waals surface area contributed by atoms with Crippen molar-refractivity contribution >= 4 is 29.0 Å². The lowest BCUT2D eigenvalue weighted by Gasteiger charge is -2.32. The number of halogens is 6. The van der Waals surface area contributed by atoms with Gasteiger partial charge in [-0.05, 0) is 13.0 Å². The Bertz CT molecular complexity index is 1070. The number of piperazine rings is 1. The SMILES string of the molecule is C[C@H]1CN(c2nc(Nc3ccncn3)c(NCCOCC(F)(F)F)c(C(=N)COCCC(F)(F)F)n2)CCN1. The number of anilines is 4. The van der Waals surface area contributed by atoms with E-state index in [9.17, 15) is 26.3 Å². The highest BCUT2D eigenvalue weighted by molar-refractivity contribution is 6.04. The Morgan fingerprint density at radius 3 is 2.62 bits per heavy atom. The first-order valence-electron chi connectivity index (χ1n) is 12.0. The van der Waals surface area contributed by atoms with Crippen LogP contribution in [0.1, 0.15) is 19.0 Å². The molecule has 4 N–H and O–H groups in total. The third-order valence-corrected chi connectivity index (χ3v) is 5.25. The van der Waals surface area contributed by atoms with Crippen molar-refractivity contribution in [3.8, 4) is 0 Å². The van der Waals surface area contributed by atoms with Crippen molar-refractivity contribution in [2.45, 2.75) is 31.7 Å². The molecular formula is C22H29F6N9O2. The second-order valence-electron chi connectivity index (χ2n) is 8.61. The Morgan fingerprint density at radius 1 is 1.15 bits per heavy atom. The number of ether oxygens (including phenoxy) is 2. The fourth-order valence-electron chi connectivity index (χ4n) is 3.53. The van der Waals surface area contributed by atoms with Crippen LogP contribution in [0.4, 0.5) is 49.6 Å². The van der Waals surface area contributed by atoms with E-state index in [0.29, 0.717) is 25.5 Å². The summed E-state index contributed by atoms with van der Waals surface area (Å²) in [6.45, 7) is 0.673. The van der Waals surface area contributed by atoms with E-state index in [1.165, 1.54) is 12.5 Å². The molecule has 1 atom stereocenters. The maximum Gasteiger partial charge on any atom is 0.411 e. The van der Waals surface area contributed by atoms with Gasteiger partial charge in [0.15, 0.2) is 5.82 Å². The van der Waals surface area contributed by atoms with Gasteiger partial charge < -0.3 is 35.7 Å². The average Bonchev–Trinajstić information content (AvgIpc) is 2.86. The molecule has 1 aliphatic heterocycles. The van der Waals surface area contributed by atoms with Gasteiger partial charge in [-0.3, -0.25) is 0 Å². The summed E-state index contributed by atoms with van der Waals surface area (Å²) in [4.78, 5) is 18.9. The molecule has 0 aromatic carbocycles. The van der Waals surface area contributed by atoms with Crippen LogP contribution in [-0.4, -0.2) is 96.6 Å². The zero-order valence-corrected chi connectivity index (χ0v) is 21.0. The lowest BCUT2D eigenvalue weighted by atomic mass is 10.2. The van der Waals surface area contributed by atoms with E-state index in [1.54, 1.807) is 6.07 Å². The number of nitrogens with one attached hydrogen (secondary N) is 4. The molecule has 11 nitrogen and oxygen atoms in total. The summed E-state index contributed by atoms with van der Waals surface area (Å²) in [5, 5.41) is 17.7. The van der Waals surface area contributed by atoms with Crippen LogP contribution >= 0.6 is 0 Å². The van der Waals surface area contributed by atoms with Crippen molar-refractivity contribution in [3.05, 3.63) is 24.3 Å². The van der Waals surface area contributed by atoms with E-state index in [2.05, 4.69) is 40.6 Å². The molecule has 3 heterocycles. The Labute approximate surface area is 220 Å². The number of aromatic nitrogens is 4. The van der Waals surface area contributed by atoms with Gasteiger partial charge >= 0.3 is 12.4 Å². The first-order valence-corrected chi connectivity index (χ1v) is 12.0. The first kappa shape index (κ1) is 30.2. The van der Waals surface area contributed by atoms with E-state index in [0.717, 1.165) is 0 Å². The molecule has 0 bridgehead atoms. The first-order chi connectivity index (χ1) is 18.4. The topological polar surface area (TPSA) is 133 Å². The molecule has 216 valence electrons. The van der Waals surface area contributed by atoms with E-state index in [1.807, 2.05) is 11.8 Å². The summed E-state index contributed by atoms with van der Waals surface area (Å²) in [6.07, 6.45) is -7.33. The molecule has 2 aromatic heterocycles. The van der Waals surface area contributed by atoms with Crippen LogP contribution in [0.5, 0.6) is 0 Å². The van der Waals surface area contributed by atoms with Crippen molar-refractivity contribution in [1.82, 2.24) is 25.3 Å². The van der Waals surface area contributed by atoms with Crippen LogP contribution in [-0.2, 0) is 9.47 Å². The fourth-order valence-corrected chi connectivity index (χ4v) is 3.53. The molecule has 0 unspecified atom stereocenters. The van der Waals surface area contributed by atoms with Crippen LogP contribution in [0.25, 0.3) is 0 Å². The minimum Gasteiger partial charge on any atom is -0.378 e. The van der Waals surface area contributed by atoms with Gasteiger partial charge in [0, 0.05) is 38.4 Å².